The van der Waals surface area contributed by atoms with Gasteiger partial charge in [-0.05, 0) is 74.6 Å². The van der Waals surface area contributed by atoms with Gasteiger partial charge in [-0.2, -0.15) is 0 Å². The van der Waals surface area contributed by atoms with Gasteiger partial charge in [-0.15, -0.1) is 0 Å². The Hall–Kier alpha value is -2.34. The topological polar surface area (TPSA) is 67.4 Å². The molecule has 0 aliphatic heterocycles. The number of amides is 2. The molecule has 3 rings (SSSR count). The van der Waals surface area contributed by atoms with Crippen LogP contribution in [0, 0.1) is 26.7 Å². The molecule has 0 unspecified atom stereocenters. The summed E-state index contributed by atoms with van der Waals surface area (Å²) in [6.07, 6.45) is 1.90. The zero-order valence-corrected chi connectivity index (χ0v) is 17.3. The summed E-state index contributed by atoms with van der Waals surface area (Å²) in [7, 11) is 0. The standard InChI is InChI=1S/C21H23BrN2O3/c1-12-9-16(22)10-13(2)20(12)27-11-19(25)23-17-5-4-6-18(14(17)3)24-21(26)15-7-8-15/h4-6,9-10,15H,7-8,11H2,1-3H3,(H,23,25)(H,24,26). The summed E-state index contributed by atoms with van der Waals surface area (Å²) in [6.45, 7) is 5.69. The quantitative estimate of drug-likeness (QED) is 0.695. The number of ether oxygens (including phenoxy) is 1. The molecule has 0 aromatic heterocycles. The van der Waals surface area contributed by atoms with Crippen LogP contribution in [0.3, 0.4) is 0 Å². The molecule has 142 valence electrons. The van der Waals surface area contributed by atoms with Crippen LogP contribution in [0.1, 0.15) is 29.5 Å². The summed E-state index contributed by atoms with van der Waals surface area (Å²) in [5.41, 5.74) is 4.16. The summed E-state index contributed by atoms with van der Waals surface area (Å²) in [4.78, 5) is 24.3. The number of halogens is 1. The molecule has 5 nitrogen and oxygen atoms in total. The van der Waals surface area contributed by atoms with Gasteiger partial charge in [0.15, 0.2) is 6.61 Å². The number of anilines is 2. The summed E-state index contributed by atoms with van der Waals surface area (Å²) in [5.74, 6) is 0.653. The number of rotatable bonds is 6. The van der Waals surface area contributed by atoms with Crippen molar-refractivity contribution in [3.05, 3.63) is 51.5 Å². The highest BCUT2D eigenvalue weighted by molar-refractivity contribution is 9.10. The van der Waals surface area contributed by atoms with E-state index in [1.807, 2.05) is 51.1 Å². The first-order valence-electron chi connectivity index (χ1n) is 8.95. The Labute approximate surface area is 167 Å². The molecule has 6 heteroatoms. The van der Waals surface area contributed by atoms with E-state index in [4.69, 9.17) is 4.74 Å². The third-order valence-electron chi connectivity index (χ3n) is 4.59. The molecule has 1 saturated carbocycles. The van der Waals surface area contributed by atoms with Crippen LogP contribution in [0.15, 0.2) is 34.8 Å². The normalized spacial score (nSPS) is 13.2. The molecule has 0 saturated heterocycles. The highest BCUT2D eigenvalue weighted by Crippen LogP contribution is 2.32. The van der Waals surface area contributed by atoms with E-state index in [2.05, 4.69) is 26.6 Å². The molecule has 0 atom stereocenters. The SMILES string of the molecule is Cc1cc(Br)cc(C)c1OCC(=O)Nc1cccc(NC(=O)C2CC2)c1C. The second-order valence-electron chi connectivity index (χ2n) is 6.95. The lowest BCUT2D eigenvalue weighted by molar-refractivity contribution is -0.118. The maximum absolute atomic E-state index is 12.3. The Kier molecular flexibility index (Phi) is 5.85. The fraction of sp³-hybridized carbons (Fsp3) is 0.333. The summed E-state index contributed by atoms with van der Waals surface area (Å²) in [5, 5.41) is 5.80. The van der Waals surface area contributed by atoms with Crippen LogP contribution in [-0.2, 0) is 9.59 Å². The Morgan fingerprint density at radius 2 is 1.67 bits per heavy atom. The monoisotopic (exact) mass is 430 g/mol. The van der Waals surface area contributed by atoms with E-state index in [0.29, 0.717) is 5.69 Å². The second kappa shape index (κ2) is 8.13. The van der Waals surface area contributed by atoms with Crippen LogP contribution < -0.4 is 15.4 Å². The Morgan fingerprint density at radius 1 is 1.07 bits per heavy atom. The van der Waals surface area contributed by atoms with Crippen molar-refractivity contribution in [2.75, 3.05) is 17.2 Å². The van der Waals surface area contributed by atoms with E-state index >= 15 is 0 Å². The van der Waals surface area contributed by atoms with Crippen molar-refractivity contribution in [2.45, 2.75) is 33.6 Å². The molecule has 2 aromatic rings. The minimum atomic E-state index is -0.245. The number of nitrogens with one attached hydrogen (secondary N) is 2. The van der Waals surface area contributed by atoms with Crippen molar-refractivity contribution in [3.63, 3.8) is 0 Å². The molecule has 1 aliphatic carbocycles. The molecule has 1 aliphatic rings. The summed E-state index contributed by atoms with van der Waals surface area (Å²) >= 11 is 3.45. The number of carbonyl (C=O) groups excluding carboxylic acids is 2. The van der Waals surface area contributed by atoms with Crippen LogP contribution in [-0.4, -0.2) is 18.4 Å². The molecule has 1 fully saturated rings. The van der Waals surface area contributed by atoms with Crippen LogP contribution in [0.5, 0.6) is 5.75 Å². The van der Waals surface area contributed by atoms with E-state index < -0.39 is 0 Å². The van der Waals surface area contributed by atoms with Gasteiger partial charge in [-0.3, -0.25) is 9.59 Å². The van der Waals surface area contributed by atoms with Gasteiger partial charge in [0.1, 0.15) is 5.75 Å². The number of hydrogen-bond acceptors (Lipinski definition) is 3. The summed E-state index contributed by atoms with van der Waals surface area (Å²) in [6, 6.07) is 9.38. The predicted octanol–water partition coefficient (Wildman–Crippen LogP) is 4.74. The van der Waals surface area contributed by atoms with E-state index in [0.717, 1.165) is 45.4 Å². The van der Waals surface area contributed by atoms with Crippen molar-refractivity contribution < 1.29 is 14.3 Å². The highest BCUT2D eigenvalue weighted by atomic mass is 79.9. The van der Waals surface area contributed by atoms with E-state index in [1.165, 1.54) is 0 Å². The van der Waals surface area contributed by atoms with Crippen molar-refractivity contribution in [1.82, 2.24) is 0 Å². The second-order valence-corrected chi connectivity index (χ2v) is 7.86. The van der Waals surface area contributed by atoms with Gasteiger partial charge in [-0.1, -0.05) is 22.0 Å². The molecule has 0 radical (unpaired) electrons. The van der Waals surface area contributed by atoms with Crippen LogP contribution in [0.2, 0.25) is 0 Å². The van der Waals surface area contributed by atoms with Gasteiger partial charge in [0.2, 0.25) is 5.91 Å². The zero-order valence-electron chi connectivity index (χ0n) is 15.7. The van der Waals surface area contributed by atoms with E-state index in [9.17, 15) is 9.59 Å². The van der Waals surface area contributed by atoms with Crippen molar-refractivity contribution in [1.29, 1.82) is 0 Å². The number of carbonyl (C=O) groups is 2. The molecular weight excluding hydrogens is 408 g/mol. The average Bonchev–Trinajstić information content (AvgIpc) is 3.42. The van der Waals surface area contributed by atoms with Crippen LogP contribution >= 0.6 is 15.9 Å². The molecule has 0 heterocycles. The maximum atomic E-state index is 12.3. The minimum Gasteiger partial charge on any atom is -0.483 e. The lowest BCUT2D eigenvalue weighted by atomic mass is 10.1. The molecule has 0 bridgehead atoms. The molecule has 2 amide bonds. The number of benzene rings is 2. The lowest BCUT2D eigenvalue weighted by Crippen LogP contribution is -2.21. The van der Waals surface area contributed by atoms with Gasteiger partial charge >= 0.3 is 0 Å². The third-order valence-corrected chi connectivity index (χ3v) is 5.04. The molecule has 0 spiro atoms. The maximum Gasteiger partial charge on any atom is 0.262 e. The number of aryl methyl sites for hydroxylation is 2. The van der Waals surface area contributed by atoms with Gasteiger partial charge in [-0.25, -0.2) is 0 Å². The van der Waals surface area contributed by atoms with E-state index in [-0.39, 0.29) is 24.3 Å². The lowest BCUT2D eigenvalue weighted by Gasteiger charge is -2.15. The van der Waals surface area contributed by atoms with Crippen molar-refractivity contribution in [3.8, 4) is 5.75 Å². The van der Waals surface area contributed by atoms with Gasteiger partial charge in [0, 0.05) is 21.8 Å². The fourth-order valence-corrected chi connectivity index (χ4v) is 3.62. The Balaban J connectivity index is 1.63. The molecule has 2 N–H and O–H groups in total. The zero-order chi connectivity index (χ0) is 19.6. The smallest absolute Gasteiger partial charge is 0.262 e. The third kappa shape index (κ3) is 4.89. The molecule has 2 aromatic carbocycles. The first-order valence-corrected chi connectivity index (χ1v) is 9.74. The molecular formula is C21H23BrN2O3. The highest BCUT2D eigenvalue weighted by Gasteiger charge is 2.29. The van der Waals surface area contributed by atoms with Gasteiger partial charge < -0.3 is 15.4 Å². The Morgan fingerprint density at radius 3 is 2.26 bits per heavy atom. The Bertz CT molecular complexity index is 868. The number of hydrogen-bond donors (Lipinski definition) is 2. The summed E-state index contributed by atoms with van der Waals surface area (Å²) < 4.78 is 6.71. The predicted molar refractivity (Wildman–Crippen MR) is 110 cm³/mol. The van der Waals surface area contributed by atoms with Crippen LogP contribution in [0.25, 0.3) is 0 Å². The molecule has 27 heavy (non-hydrogen) atoms. The van der Waals surface area contributed by atoms with Gasteiger partial charge in [0.05, 0.1) is 0 Å². The van der Waals surface area contributed by atoms with E-state index in [1.54, 1.807) is 0 Å². The largest absolute Gasteiger partial charge is 0.483 e. The average molecular weight is 431 g/mol. The minimum absolute atomic E-state index is 0.0473. The first kappa shape index (κ1) is 19.4. The van der Waals surface area contributed by atoms with Crippen LogP contribution in [0.4, 0.5) is 11.4 Å². The van der Waals surface area contributed by atoms with Gasteiger partial charge in [0.25, 0.3) is 5.91 Å². The van der Waals surface area contributed by atoms with Crippen molar-refractivity contribution >= 4 is 39.1 Å². The van der Waals surface area contributed by atoms with Crippen molar-refractivity contribution in [2.24, 2.45) is 5.92 Å². The fourth-order valence-electron chi connectivity index (χ4n) is 2.94. The first-order chi connectivity index (χ1) is 12.8.